The van der Waals surface area contributed by atoms with E-state index in [0.29, 0.717) is 37.0 Å². The highest BCUT2D eigenvalue weighted by molar-refractivity contribution is 5.67. The zero-order chi connectivity index (χ0) is 25.8. The van der Waals surface area contributed by atoms with Crippen LogP contribution in [0.15, 0.2) is 0 Å². The number of hydrogen-bond acceptors (Lipinski definition) is 6. The van der Waals surface area contributed by atoms with Gasteiger partial charge in [0.1, 0.15) is 12.2 Å². The van der Waals surface area contributed by atoms with Gasteiger partial charge in [-0.2, -0.15) is 0 Å². The minimum absolute atomic E-state index is 0.164. The minimum atomic E-state index is -0.895. The monoisotopic (exact) mass is 492 g/mol. The summed E-state index contributed by atoms with van der Waals surface area (Å²) >= 11 is 0. The van der Waals surface area contributed by atoms with Crippen molar-refractivity contribution in [3.05, 3.63) is 0 Å². The number of esters is 2. The van der Waals surface area contributed by atoms with Crippen LogP contribution in [0.5, 0.6) is 0 Å². The Morgan fingerprint density at radius 2 is 1.66 bits per heavy atom. The van der Waals surface area contributed by atoms with Gasteiger partial charge < -0.3 is 19.7 Å². The molecule has 4 rings (SSSR count). The molecule has 0 spiro atoms. The molecule has 35 heavy (non-hydrogen) atoms. The predicted octanol–water partition coefficient (Wildman–Crippen LogP) is 4.73. The summed E-state index contributed by atoms with van der Waals surface area (Å²) in [4.78, 5) is 35.1. The molecule has 0 aromatic heterocycles. The molecular weight excluding hydrogens is 448 g/mol. The summed E-state index contributed by atoms with van der Waals surface area (Å²) in [6.07, 6.45) is 6.77. The molecule has 10 atom stereocenters. The van der Waals surface area contributed by atoms with Crippen molar-refractivity contribution in [3.63, 3.8) is 0 Å². The van der Waals surface area contributed by atoms with E-state index >= 15 is 0 Å². The molecule has 0 heterocycles. The van der Waals surface area contributed by atoms with E-state index in [0.717, 1.165) is 38.5 Å². The number of aliphatic hydroxyl groups is 1. The highest BCUT2D eigenvalue weighted by Crippen LogP contribution is 2.69. The van der Waals surface area contributed by atoms with E-state index in [2.05, 4.69) is 20.8 Å². The van der Waals surface area contributed by atoms with Crippen LogP contribution in [-0.2, 0) is 23.9 Å². The van der Waals surface area contributed by atoms with Crippen LogP contribution in [-0.4, -0.2) is 45.9 Å². The van der Waals surface area contributed by atoms with Crippen LogP contribution in [0, 0.1) is 40.4 Å². The Kier molecular flexibility index (Phi) is 7.06. The van der Waals surface area contributed by atoms with Crippen molar-refractivity contribution in [2.75, 3.05) is 0 Å². The third kappa shape index (κ3) is 4.40. The van der Waals surface area contributed by atoms with E-state index in [1.807, 2.05) is 0 Å². The lowest BCUT2D eigenvalue weighted by molar-refractivity contribution is -0.242. The summed E-state index contributed by atoms with van der Waals surface area (Å²) in [6, 6.07) is 0. The Morgan fingerprint density at radius 1 is 0.971 bits per heavy atom. The fourth-order valence-electron chi connectivity index (χ4n) is 9.37. The number of aliphatic carboxylic acids is 1. The second-order valence-corrected chi connectivity index (χ2v) is 12.6. The zero-order valence-corrected chi connectivity index (χ0v) is 22.0. The molecule has 4 aliphatic carbocycles. The van der Waals surface area contributed by atoms with Gasteiger partial charge in [0.25, 0.3) is 0 Å². The lowest BCUT2D eigenvalue weighted by Crippen LogP contribution is -2.65. The molecule has 7 nitrogen and oxygen atoms in total. The zero-order valence-electron chi connectivity index (χ0n) is 22.0. The summed E-state index contributed by atoms with van der Waals surface area (Å²) in [7, 11) is 0. The second-order valence-electron chi connectivity index (χ2n) is 12.6. The van der Waals surface area contributed by atoms with E-state index in [4.69, 9.17) is 9.47 Å². The molecule has 0 aromatic carbocycles. The number of carboxylic acids is 1. The third-order valence-electron chi connectivity index (χ3n) is 11.0. The number of carboxylic acid groups (broad SMARTS) is 1. The number of carbonyl (C=O) groups excluding carboxylic acids is 2. The molecule has 198 valence electrons. The van der Waals surface area contributed by atoms with Gasteiger partial charge in [0, 0.05) is 32.1 Å². The van der Waals surface area contributed by atoms with Gasteiger partial charge in [-0.05, 0) is 86.4 Å². The Balaban J connectivity index is 1.64. The number of rotatable bonds is 6. The van der Waals surface area contributed by atoms with Gasteiger partial charge >= 0.3 is 17.9 Å². The van der Waals surface area contributed by atoms with Crippen LogP contribution in [0.25, 0.3) is 0 Å². The summed E-state index contributed by atoms with van der Waals surface area (Å²) in [5, 5.41) is 21.2. The van der Waals surface area contributed by atoms with Crippen molar-refractivity contribution in [1.82, 2.24) is 0 Å². The molecule has 2 N–H and O–H groups in total. The number of ether oxygens (including phenoxy) is 2. The molecule has 0 bridgehead atoms. The molecule has 0 amide bonds. The van der Waals surface area contributed by atoms with Gasteiger partial charge in [0.05, 0.1) is 5.60 Å². The average Bonchev–Trinajstić information content (AvgIpc) is 3.11. The van der Waals surface area contributed by atoms with E-state index < -0.39 is 11.6 Å². The highest BCUT2D eigenvalue weighted by Gasteiger charge is 2.68. The van der Waals surface area contributed by atoms with Gasteiger partial charge in [-0.3, -0.25) is 14.4 Å². The summed E-state index contributed by atoms with van der Waals surface area (Å²) < 4.78 is 11.6. The Bertz CT molecular complexity index is 856. The molecule has 0 saturated heterocycles. The van der Waals surface area contributed by atoms with E-state index in [9.17, 15) is 24.6 Å². The summed E-state index contributed by atoms with van der Waals surface area (Å²) in [5.41, 5.74) is -1.40. The van der Waals surface area contributed by atoms with Crippen molar-refractivity contribution in [2.24, 2.45) is 40.4 Å². The molecule has 1 unspecified atom stereocenters. The third-order valence-corrected chi connectivity index (χ3v) is 11.0. The molecular formula is C28H44O7. The highest BCUT2D eigenvalue weighted by atomic mass is 16.5. The second kappa shape index (κ2) is 9.35. The molecule has 0 radical (unpaired) electrons. The van der Waals surface area contributed by atoms with Crippen LogP contribution in [0.2, 0.25) is 0 Å². The van der Waals surface area contributed by atoms with E-state index in [1.165, 1.54) is 13.8 Å². The Hall–Kier alpha value is -1.63. The van der Waals surface area contributed by atoms with Crippen molar-refractivity contribution in [1.29, 1.82) is 0 Å². The van der Waals surface area contributed by atoms with Crippen molar-refractivity contribution < 1.29 is 34.1 Å². The largest absolute Gasteiger partial charge is 0.481 e. The molecule has 0 aliphatic heterocycles. The van der Waals surface area contributed by atoms with Crippen molar-refractivity contribution in [2.45, 2.75) is 117 Å². The van der Waals surface area contributed by atoms with Crippen LogP contribution in [0.3, 0.4) is 0 Å². The fourth-order valence-corrected chi connectivity index (χ4v) is 9.37. The maximum absolute atomic E-state index is 12.3. The van der Waals surface area contributed by atoms with Crippen LogP contribution in [0.1, 0.15) is 98.8 Å². The normalized spacial score (nSPS) is 45.4. The smallest absolute Gasteiger partial charge is 0.303 e. The number of hydrogen-bond donors (Lipinski definition) is 2. The minimum Gasteiger partial charge on any atom is -0.481 e. The van der Waals surface area contributed by atoms with Gasteiger partial charge in [0.2, 0.25) is 0 Å². The molecule has 4 saturated carbocycles. The van der Waals surface area contributed by atoms with Gasteiger partial charge in [-0.15, -0.1) is 0 Å². The summed E-state index contributed by atoms with van der Waals surface area (Å²) in [5.74, 6) is 0.280. The first-order valence-electron chi connectivity index (χ1n) is 13.6. The number of carbonyl (C=O) groups is 3. The van der Waals surface area contributed by atoms with Crippen molar-refractivity contribution in [3.8, 4) is 0 Å². The Morgan fingerprint density at radius 3 is 2.29 bits per heavy atom. The first-order valence-corrected chi connectivity index (χ1v) is 13.6. The number of fused-ring (bicyclic) bond motifs is 5. The lowest BCUT2D eigenvalue weighted by atomic mass is 9.42. The molecule has 4 aliphatic rings. The average molecular weight is 493 g/mol. The van der Waals surface area contributed by atoms with Gasteiger partial charge in [-0.25, -0.2) is 0 Å². The molecule has 4 fully saturated rings. The quantitative estimate of drug-likeness (QED) is 0.516. The predicted molar refractivity (Wildman–Crippen MR) is 129 cm³/mol. The topological polar surface area (TPSA) is 110 Å². The van der Waals surface area contributed by atoms with Crippen molar-refractivity contribution >= 4 is 17.9 Å². The lowest BCUT2D eigenvalue weighted by Gasteiger charge is -2.65. The van der Waals surface area contributed by atoms with Crippen LogP contribution in [0.4, 0.5) is 0 Å². The fraction of sp³-hybridized carbons (Fsp3) is 0.893. The summed E-state index contributed by atoms with van der Waals surface area (Å²) in [6.45, 7) is 9.57. The Labute approximate surface area is 209 Å². The van der Waals surface area contributed by atoms with E-state index in [-0.39, 0.29) is 53.2 Å². The van der Waals surface area contributed by atoms with Crippen LogP contribution >= 0.6 is 0 Å². The standard InChI is InChI=1S/C28H44O7/c1-16(6-9-25(31)32)21-7-8-22-20-11-13-28(33)15-19(34-17(2)29)10-12-26(28,4)23(20)14-24(27(21,22)5)35-18(3)30/h16,19-24,33H,6-15H2,1-5H3,(H,31,32)/t16?,19-,20+,21-,22+,23+,24+,26-,27-,28+/m1/s1. The van der Waals surface area contributed by atoms with Gasteiger partial charge in [0.15, 0.2) is 0 Å². The maximum atomic E-state index is 12.3. The first-order chi connectivity index (χ1) is 16.3. The maximum Gasteiger partial charge on any atom is 0.303 e. The SMILES string of the molecule is CC(=O)O[C@@H]1CC[C@]2(C)[C@H]3C[C@H](OC(C)=O)[C@]4(C)[C@@H](C(C)CCC(=O)O)CC[C@H]4[C@@H]3CC[C@]2(O)C1. The van der Waals surface area contributed by atoms with Crippen LogP contribution < -0.4 is 0 Å². The first kappa shape index (κ1) is 26.4. The molecule has 0 aromatic rings. The van der Waals surface area contributed by atoms with E-state index in [1.54, 1.807) is 0 Å². The molecule has 7 heteroatoms. The van der Waals surface area contributed by atoms with Gasteiger partial charge in [-0.1, -0.05) is 20.8 Å².